The third-order valence-electron chi connectivity index (χ3n) is 5.10. The lowest BCUT2D eigenvalue weighted by Gasteiger charge is -2.20. The molecular weight excluding hydrogens is 372 g/mol. The van der Waals surface area contributed by atoms with Crippen LogP contribution < -0.4 is 9.64 Å². The fraction of sp³-hybridized carbons (Fsp3) is 0.240. The summed E-state index contributed by atoms with van der Waals surface area (Å²) < 4.78 is 5.74. The highest BCUT2D eigenvalue weighted by Gasteiger charge is 2.26. The Morgan fingerprint density at radius 2 is 2.10 bits per heavy atom. The van der Waals surface area contributed by atoms with Gasteiger partial charge in [-0.2, -0.15) is 0 Å². The zero-order chi connectivity index (χ0) is 21.1. The normalized spacial score (nSPS) is 13.8. The van der Waals surface area contributed by atoms with E-state index in [2.05, 4.69) is 24.5 Å². The van der Waals surface area contributed by atoms with Crippen LogP contribution in [0.25, 0.3) is 16.5 Å². The van der Waals surface area contributed by atoms with Crippen molar-refractivity contribution in [3.8, 4) is 5.75 Å². The Morgan fingerprint density at radius 1 is 1.23 bits per heavy atom. The van der Waals surface area contributed by atoms with Crippen LogP contribution >= 0.6 is 0 Å². The average Bonchev–Trinajstić information content (AvgIpc) is 3.17. The van der Waals surface area contributed by atoms with Crippen LogP contribution in [0.2, 0.25) is 0 Å². The maximum Gasteiger partial charge on any atom is 0.162 e. The van der Waals surface area contributed by atoms with Crippen molar-refractivity contribution in [1.29, 1.82) is 0 Å². The van der Waals surface area contributed by atoms with E-state index < -0.39 is 0 Å². The Hall–Kier alpha value is -3.47. The van der Waals surface area contributed by atoms with Crippen molar-refractivity contribution in [1.82, 2.24) is 15.0 Å². The number of hydrogen-bond donors (Lipinski definition) is 0. The Labute approximate surface area is 177 Å². The van der Waals surface area contributed by atoms with Crippen LogP contribution in [0.1, 0.15) is 30.8 Å². The third kappa shape index (κ3) is 3.71. The van der Waals surface area contributed by atoms with Crippen LogP contribution in [0.4, 0.5) is 11.6 Å². The molecule has 2 aromatic heterocycles. The number of anilines is 2. The van der Waals surface area contributed by atoms with Gasteiger partial charge in [-0.1, -0.05) is 36.9 Å². The molecule has 0 fully saturated rings. The number of rotatable bonds is 6. The third-order valence-corrected chi connectivity index (χ3v) is 5.10. The Morgan fingerprint density at radius 3 is 2.87 bits per heavy atom. The van der Waals surface area contributed by atoms with Gasteiger partial charge in [-0.3, -0.25) is 0 Å². The summed E-state index contributed by atoms with van der Waals surface area (Å²) in [6.07, 6.45) is 10.6. The summed E-state index contributed by atoms with van der Waals surface area (Å²) in [6.45, 7) is 11.4. The molecule has 4 rings (SSSR count). The molecule has 0 atom stereocenters. The fourth-order valence-electron chi connectivity index (χ4n) is 3.71. The molecule has 0 saturated heterocycles. The summed E-state index contributed by atoms with van der Waals surface area (Å²) in [7, 11) is 0. The largest absolute Gasteiger partial charge is 0.494 e. The van der Waals surface area contributed by atoms with Gasteiger partial charge in [-0.25, -0.2) is 15.0 Å². The lowest BCUT2D eigenvalue weighted by atomic mass is 10.1. The molecule has 0 spiro atoms. The zero-order valence-corrected chi connectivity index (χ0v) is 17.7. The van der Waals surface area contributed by atoms with Crippen LogP contribution in [0.15, 0.2) is 61.3 Å². The van der Waals surface area contributed by atoms with Crippen molar-refractivity contribution >= 4 is 28.1 Å². The molecule has 0 aliphatic carbocycles. The predicted molar refractivity (Wildman–Crippen MR) is 123 cm³/mol. The molecule has 5 heteroatoms. The molecule has 1 aromatic carbocycles. The molecule has 0 unspecified atom stereocenters. The van der Waals surface area contributed by atoms with Gasteiger partial charge in [-0.15, -0.1) is 0 Å². The van der Waals surface area contributed by atoms with E-state index >= 15 is 0 Å². The van der Waals surface area contributed by atoms with Crippen LogP contribution in [0, 0.1) is 6.92 Å². The molecule has 0 N–H and O–H groups in total. The predicted octanol–water partition coefficient (Wildman–Crippen LogP) is 5.57. The highest BCUT2D eigenvalue weighted by Crippen LogP contribution is 2.37. The lowest BCUT2D eigenvalue weighted by molar-refractivity contribution is 0.340. The van der Waals surface area contributed by atoms with Crippen molar-refractivity contribution in [2.75, 3.05) is 18.1 Å². The molecule has 0 amide bonds. The first-order valence-electron chi connectivity index (χ1n) is 10.3. The van der Waals surface area contributed by atoms with Crippen LogP contribution in [0.3, 0.4) is 0 Å². The number of pyridine rings is 1. The summed E-state index contributed by atoms with van der Waals surface area (Å²) >= 11 is 0. The molecule has 30 heavy (non-hydrogen) atoms. The number of allylic oxidation sites excluding steroid dienone is 5. The second kappa shape index (κ2) is 8.49. The van der Waals surface area contributed by atoms with Crippen LogP contribution in [0.5, 0.6) is 5.75 Å². The number of aryl methyl sites for hydroxylation is 1. The monoisotopic (exact) mass is 398 g/mol. The summed E-state index contributed by atoms with van der Waals surface area (Å²) in [6, 6.07) is 8.17. The van der Waals surface area contributed by atoms with E-state index in [-0.39, 0.29) is 0 Å². The minimum absolute atomic E-state index is 0.611. The smallest absolute Gasteiger partial charge is 0.162 e. The van der Waals surface area contributed by atoms with Crippen molar-refractivity contribution in [2.45, 2.75) is 27.2 Å². The van der Waals surface area contributed by atoms with E-state index in [1.165, 1.54) is 11.1 Å². The number of ether oxygens (including phenoxy) is 1. The number of fused-ring (bicyclic) bond motifs is 2. The van der Waals surface area contributed by atoms with Gasteiger partial charge in [0.1, 0.15) is 17.4 Å². The quantitative estimate of drug-likeness (QED) is 0.508. The Bertz CT molecular complexity index is 1160. The molecule has 3 aromatic rings. The van der Waals surface area contributed by atoms with Gasteiger partial charge in [0.2, 0.25) is 0 Å². The van der Waals surface area contributed by atoms with Gasteiger partial charge in [0.15, 0.2) is 5.82 Å². The van der Waals surface area contributed by atoms with Crippen molar-refractivity contribution < 1.29 is 4.74 Å². The second-order valence-electron chi connectivity index (χ2n) is 7.23. The van der Waals surface area contributed by atoms with E-state index in [9.17, 15) is 0 Å². The molecular formula is C25H26N4O. The highest BCUT2D eigenvalue weighted by molar-refractivity contribution is 5.94. The van der Waals surface area contributed by atoms with Crippen LogP contribution in [-0.4, -0.2) is 28.1 Å². The Kier molecular flexibility index (Phi) is 5.61. The van der Waals surface area contributed by atoms with E-state index in [0.717, 1.165) is 46.8 Å². The van der Waals surface area contributed by atoms with Gasteiger partial charge >= 0.3 is 0 Å². The van der Waals surface area contributed by atoms with Gasteiger partial charge in [0.05, 0.1) is 12.1 Å². The number of nitrogens with zero attached hydrogens (tertiary/aromatic N) is 4. The minimum atomic E-state index is 0.611. The van der Waals surface area contributed by atoms with Crippen molar-refractivity contribution in [3.63, 3.8) is 0 Å². The van der Waals surface area contributed by atoms with Gasteiger partial charge in [0, 0.05) is 23.7 Å². The molecule has 5 nitrogen and oxygen atoms in total. The SMILES string of the molecule is C=C/C(=C\C=C/C)c1nc(N2CCc3cc(C)cnc32)c2cc(OCC)ccc2n1. The number of benzene rings is 1. The van der Waals surface area contributed by atoms with Gasteiger partial charge in [-0.05, 0) is 56.5 Å². The minimum Gasteiger partial charge on any atom is -0.494 e. The van der Waals surface area contributed by atoms with Crippen LogP contribution in [-0.2, 0) is 6.42 Å². The molecule has 0 bridgehead atoms. The summed E-state index contributed by atoms with van der Waals surface area (Å²) in [5, 5.41) is 0.953. The standard InChI is InChI=1S/C25H26N4O/c1-5-8-9-18(6-2)23-27-22-11-10-20(30-7-3)15-21(22)25(28-23)29-13-12-19-14-17(4)16-26-24(19)29/h5-6,8-11,14-16H,2,7,12-13H2,1,3-4H3/b8-5-,18-9+. The van der Waals surface area contributed by atoms with Gasteiger partial charge in [0.25, 0.3) is 0 Å². The molecule has 152 valence electrons. The number of aromatic nitrogens is 3. The van der Waals surface area contributed by atoms with E-state index in [4.69, 9.17) is 19.7 Å². The first kappa shape index (κ1) is 19.8. The highest BCUT2D eigenvalue weighted by atomic mass is 16.5. The number of hydrogen-bond acceptors (Lipinski definition) is 5. The van der Waals surface area contributed by atoms with E-state index in [1.807, 2.05) is 56.5 Å². The summed E-state index contributed by atoms with van der Waals surface area (Å²) in [5.74, 6) is 3.27. The molecule has 1 aliphatic rings. The average molecular weight is 399 g/mol. The summed E-state index contributed by atoms with van der Waals surface area (Å²) in [5.41, 5.74) is 4.16. The zero-order valence-electron chi connectivity index (χ0n) is 17.7. The molecule has 3 heterocycles. The molecule has 0 saturated carbocycles. The Balaban J connectivity index is 1.93. The maximum atomic E-state index is 5.74. The lowest BCUT2D eigenvalue weighted by Crippen LogP contribution is -2.17. The van der Waals surface area contributed by atoms with Crippen molar-refractivity contribution in [3.05, 3.63) is 78.3 Å². The van der Waals surface area contributed by atoms with Gasteiger partial charge < -0.3 is 9.64 Å². The topological polar surface area (TPSA) is 51.1 Å². The van der Waals surface area contributed by atoms with E-state index in [1.54, 1.807) is 6.08 Å². The fourth-order valence-corrected chi connectivity index (χ4v) is 3.71. The first-order chi connectivity index (χ1) is 14.6. The summed E-state index contributed by atoms with van der Waals surface area (Å²) in [4.78, 5) is 16.7. The first-order valence-corrected chi connectivity index (χ1v) is 10.3. The maximum absolute atomic E-state index is 5.74. The molecule has 1 aliphatic heterocycles. The molecule has 0 radical (unpaired) electrons. The second-order valence-corrected chi connectivity index (χ2v) is 7.23. The van der Waals surface area contributed by atoms with E-state index in [0.29, 0.717) is 12.4 Å². The van der Waals surface area contributed by atoms with Crippen molar-refractivity contribution in [2.24, 2.45) is 0 Å².